The van der Waals surface area contributed by atoms with E-state index < -0.39 is 0 Å². The lowest BCUT2D eigenvalue weighted by atomic mass is 10.2. The summed E-state index contributed by atoms with van der Waals surface area (Å²) in [5.41, 5.74) is 1.58. The summed E-state index contributed by atoms with van der Waals surface area (Å²) in [7, 11) is 0. The Balaban J connectivity index is 2.45. The SMILES string of the molecule is Oc1nc(-c2ccccc2)co1. The normalized spacial score (nSPS) is 10.0. The zero-order valence-electron chi connectivity index (χ0n) is 6.27. The highest BCUT2D eigenvalue weighted by molar-refractivity contribution is 5.57. The summed E-state index contributed by atoms with van der Waals surface area (Å²) in [4.78, 5) is 3.77. The maximum absolute atomic E-state index is 8.84. The van der Waals surface area contributed by atoms with Crippen molar-refractivity contribution in [3.8, 4) is 17.3 Å². The molecule has 3 nitrogen and oxygen atoms in total. The molecule has 0 aliphatic heterocycles. The highest BCUT2D eigenvalue weighted by Gasteiger charge is 2.02. The summed E-state index contributed by atoms with van der Waals surface area (Å²) in [6.07, 6.45) is 1.12. The topological polar surface area (TPSA) is 46.3 Å². The predicted octanol–water partition coefficient (Wildman–Crippen LogP) is 2.05. The minimum atomic E-state index is -0.297. The first-order chi connectivity index (χ1) is 5.86. The summed E-state index contributed by atoms with van der Waals surface area (Å²) in [5, 5.41) is 8.84. The van der Waals surface area contributed by atoms with E-state index in [9.17, 15) is 0 Å². The molecule has 0 radical (unpaired) electrons. The fourth-order valence-electron chi connectivity index (χ4n) is 1.01. The summed E-state index contributed by atoms with van der Waals surface area (Å²) in [6, 6.07) is 9.53. The van der Waals surface area contributed by atoms with Crippen LogP contribution >= 0.6 is 0 Å². The van der Waals surface area contributed by atoms with Gasteiger partial charge in [-0.05, 0) is 0 Å². The highest BCUT2D eigenvalue weighted by Crippen LogP contribution is 2.19. The van der Waals surface area contributed by atoms with Gasteiger partial charge in [0.2, 0.25) is 0 Å². The second kappa shape index (κ2) is 2.70. The molecular formula is C9H7NO2. The van der Waals surface area contributed by atoms with E-state index in [-0.39, 0.29) is 6.08 Å². The van der Waals surface area contributed by atoms with Crippen molar-refractivity contribution in [1.29, 1.82) is 0 Å². The van der Waals surface area contributed by atoms with Gasteiger partial charge in [0.1, 0.15) is 12.0 Å². The number of aromatic hydroxyl groups is 1. The van der Waals surface area contributed by atoms with Crippen LogP contribution in [-0.4, -0.2) is 10.1 Å². The van der Waals surface area contributed by atoms with Crippen molar-refractivity contribution in [3.63, 3.8) is 0 Å². The van der Waals surface area contributed by atoms with Crippen molar-refractivity contribution in [2.24, 2.45) is 0 Å². The quantitative estimate of drug-likeness (QED) is 0.696. The summed E-state index contributed by atoms with van der Waals surface area (Å²) in [6.45, 7) is 0. The number of hydrogen-bond donors (Lipinski definition) is 1. The van der Waals surface area contributed by atoms with Gasteiger partial charge in [0.25, 0.3) is 0 Å². The molecule has 0 aliphatic rings. The Hall–Kier alpha value is -1.77. The van der Waals surface area contributed by atoms with E-state index in [1.54, 1.807) is 0 Å². The van der Waals surface area contributed by atoms with Gasteiger partial charge in [-0.25, -0.2) is 0 Å². The molecule has 0 atom stereocenters. The molecule has 1 aromatic carbocycles. The van der Waals surface area contributed by atoms with Crippen LogP contribution in [0.15, 0.2) is 41.0 Å². The van der Waals surface area contributed by atoms with E-state index >= 15 is 0 Å². The Kier molecular flexibility index (Phi) is 1.55. The van der Waals surface area contributed by atoms with Crippen molar-refractivity contribution in [2.75, 3.05) is 0 Å². The van der Waals surface area contributed by atoms with E-state index in [0.717, 1.165) is 5.56 Å². The molecule has 12 heavy (non-hydrogen) atoms. The van der Waals surface area contributed by atoms with Gasteiger partial charge in [0.15, 0.2) is 0 Å². The standard InChI is InChI=1S/C9H7NO2/c11-9-10-8(6-12-9)7-4-2-1-3-5-7/h1-6H,(H,10,11). The van der Waals surface area contributed by atoms with E-state index in [1.165, 1.54) is 6.26 Å². The van der Waals surface area contributed by atoms with Crippen LogP contribution in [0.25, 0.3) is 11.3 Å². The van der Waals surface area contributed by atoms with E-state index in [4.69, 9.17) is 5.11 Å². The maximum Gasteiger partial charge on any atom is 0.391 e. The van der Waals surface area contributed by atoms with Gasteiger partial charge in [0, 0.05) is 5.56 Å². The third kappa shape index (κ3) is 1.16. The van der Waals surface area contributed by atoms with Crippen molar-refractivity contribution < 1.29 is 9.52 Å². The number of nitrogens with zero attached hydrogens (tertiary/aromatic N) is 1. The third-order valence-corrected chi connectivity index (χ3v) is 1.56. The monoisotopic (exact) mass is 161 g/mol. The van der Waals surface area contributed by atoms with Crippen LogP contribution < -0.4 is 0 Å². The van der Waals surface area contributed by atoms with Gasteiger partial charge in [-0.1, -0.05) is 30.3 Å². The average molecular weight is 161 g/mol. The molecule has 0 spiro atoms. The molecule has 60 valence electrons. The second-order valence-corrected chi connectivity index (χ2v) is 2.38. The number of oxazole rings is 1. The van der Waals surface area contributed by atoms with Crippen LogP contribution in [0, 0.1) is 0 Å². The van der Waals surface area contributed by atoms with E-state index in [0.29, 0.717) is 5.69 Å². The smallest absolute Gasteiger partial charge is 0.391 e. The maximum atomic E-state index is 8.84. The molecule has 0 unspecified atom stereocenters. The molecule has 1 aromatic heterocycles. The van der Waals surface area contributed by atoms with Crippen molar-refractivity contribution >= 4 is 0 Å². The lowest BCUT2D eigenvalue weighted by molar-refractivity contribution is 0.316. The lowest BCUT2D eigenvalue weighted by Crippen LogP contribution is -1.74. The molecule has 0 saturated heterocycles. The summed E-state index contributed by atoms with van der Waals surface area (Å²) in [5.74, 6) is 0. The van der Waals surface area contributed by atoms with Crippen molar-refractivity contribution in [1.82, 2.24) is 4.98 Å². The Bertz CT molecular complexity index is 367. The van der Waals surface area contributed by atoms with Crippen LogP contribution in [0.4, 0.5) is 0 Å². The lowest BCUT2D eigenvalue weighted by Gasteiger charge is -1.90. The van der Waals surface area contributed by atoms with Gasteiger partial charge in [-0.15, -0.1) is 0 Å². The molecular weight excluding hydrogens is 154 g/mol. The van der Waals surface area contributed by atoms with Crippen LogP contribution in [0.3, 0.4) is 0 Å². The van der Waals surface area contributed by atoms with Crippen molar-refractivity contribution in [3.05, 3.63) is 36.6 Å². The first-order valence-electron chi connectivity index (χ1n) is 3.56. The minimum Gasteiger partial charge on any atom is -0.466 e. The molecule has 0 amide bonds. The second-order valence-electron chi connectivity index (χ2n) is 2.38. The molecule has 2 aromatic rings. The van der Waals surface area contributed by atoms with Crippen molar-refractivity contribution in [2.45, 2.75) is 0 Å². The molecule has 2 rings (SSSR count). The fourth-order valence-corrected chi connectivity index (χ4v) is 1.01. The Labute approximate surface area is 69.3 Å². The number of benzene rings is 1. The van der Waals surface area contributed by atoms with E-state index in [2.05, 4.69) is 9.40 Å². The summed E-state index contributed by atoms with van der Waals surface area (Å²) < 4.78 is 4.66. The van der Waals surface area contributed by atoms with Gasteiger partial charge < -0.3 is 9.52 Å². The number of rotatable bonds is 1. The zero-order chi connectivity index (χ0) is 8.39. The molecule has 1 heterocycles. The third-order valence-electron chi connectivity index (χ3n) is 1.56. The number of aromatic nitrogens is 1. The van der Waals surface area contributed by atoms with Gasteiger partial charge in [0.05, 0.1) is 0 Å². The Morgan fingerprint density at radius 3 is 2.50 bits per heavy atom. The van der Waals surface area contributed by atoms with Gasteiger partial charge >= 0.3 is 6.08 Å². The molecule has 3 heteroatoms. The average Bonchev–Trinajstić information content (AvgIpc) is 2.54. The predicted molar refractivity (Wildman–Crippen MR) is 43.6 cm³/mol. The van der Waals surface area contributed by atoms with Crippen LogP contribution in [0.2, 0.25) is 0 Å². The summed E-state index contributed by atoms with van der Waals surface area (Å²) >= 11 is 0. The van der Waals surface area contributed by atoms with Crippen LogP contribution in [-0.2, 0) is 0 Å². The minimum absolute atomic E-state index is 0.297. The largest absolute Gasteiger partial charge is 0.466 e. The van der Waals surface area contributed by atoms with Gasteiger partial charge in [-0.2, -0.15) is 4.98 Å². The van der Waals surface area contributed by atoms with Gasteiger partial charge in [-0.3, -0.25) is 0 Å². The molecule has 0 saturated carbocycles. The molecule has 0 bridgehead atoms. The zero-order valence-corrected chi connectivity index (χ0v) is 6.27. The molecule has 1 N–H and O–H groups in total. The molecule has 0 fully saturated rings. The first kappa shape index (κ1) is 6.91. The van der Waals surface area contributed by atoms with E-state index in [1.807, 2.05) is 30.3 Å². The highest BCUT2D eigenvalue weighted by atomic mass is 16.5. The Morgan fingerprint density at radius 2 is 1.92 bits per heavy atom. The van der Waals surface area contributed by atoms with Crippen LogP contribution in [0.1, 0.15) is 0 Å². The van der Waals surface area contributed by atoms with Crippen LogP contribution in [0.5, 0.6) is 6.08 Å². The fraction of sp³-hybridized carbons (Fsp3) is 0. The molecule has 0 aliphatic carbocycles. The number of hydrogen-bond acceptors (Lipinski definition) is 3. The Morgan fingerprint density at radius 1 is 1.17 bits per heavy atom. The first-order valence-corrected chi connectivity index (χ1v) is 3.56.